The fourth-order valence-electron chi connectivity index (χ4n) is 1.48. The molecule has 0 aromatic carbocycles. The van der Waals surface area contributed by atoms with Gasteiger partial charge in [-0.3, -0.25) is 9.59 Å². The first-order valence-corrected chi connectivity index (χ1v) is 5.74. The lowest BCUT2D eigenvalue weighted by Crippen LogP contribution is -2.12. The molecule has 1 N–H and O–H groups in total. The van der Waals surface area contributed by atoms with Crippen LogP contribution < -0.4 is 0 Å². The van der Waals surface area contributed by atoms with Crippen molar-refractivity contribution in [3.63, 3.8) is 0 Å². The van der Waals surface area contributed by atoms with Crippen LogP contribution in [0.1, 0.15) is 52.9 Å². The smallest absolute Gasteiger partial charge is 0.306 e. The van der Waals surface area contributed by atoms with Gasteiger partial charge in [0, 0.05) is 12.3 Å². The number of carbonyl (C=O) groups excluding carboxylic acids is 1. The first-order valence-electron chi connectivity index (χ1n) is 5.74. The summed E-state index contributed by atoms with van der Waals surface area (Å²) in [5.74, 6) is -0.573. The molecule has 0 aliphatic rings. The third-order valence-corrected chi connectivity index (χ3v) is 2.71. The lowest BCUT2D eigenvalue weighted by molar-refractivity contribution is -0.142. The standard InChI is InChI=1S/C12H22O3/c1-4-10(12(14)15)7-5-6-8-11(13)9(2)3/h9-10H,4-8H2,1-3H3,(H,14,15). The number of carboxylic acids is 1. The van der Waals surface area contributed by atoms with E-state index in [4.69, 9.17) is 5.11 Å². The Bertz CT molecular complexity index is 209. The topological polar surface area (TPSA) is 54.4 Å². The van der Waals surface area contributed by atoms with Crippen LogP contribution in [0.5, 0.6) is 0 Å². The molecule has 0 bridgehead atoms. The number of carboxylic acid groups (broad SMARTS) is 1. The maximum atomic E-state index is 11.3. The number of hydrogen-bond acceptors (Lipinski definition) is 2. The lowest BCUT2D eigenvalue weighted by Gasteiger charge is -2.09. The molecule has 0 heterocycles. The van der Waals surface area contributed by atoms with Crippen LogP contribution >= 0.6 is 0 Å². The molecule has 0 saturated heterocycles. The molecule has 0 spiro atoms. The Morgan fingerprint density at radius 1 is 1.20 bits per heavy atom. The Hall–Kier alpha value is -0.860. The van der Waals surface area contributed by atoms with Gasteiger partial charge in [-0.2, -0.15) is 0 Å². The van der Waals surface area contributed by atoms with Crippen LogP contribution in [0.15, 0.2) is 0 Å². The molecule has 1 atom stereocenters. The van der Waals surface area contributed by atoms with E-state index in [9.17, 15) is 9.59 Å². The molecule has 0 amide bonds. The number of aliphatic carboxylic acids is 1. The van der Waals surface area contributed by atoms with Crippen LogP contribution in [0.4, 0.5) is 0 Å². The minimum atomic E-state index is -0.715. The fraction of sp³-hybridized carbons (Fsp3) is 0.833. The van der Waals surface area contributed by atoms with E-state index in [2.05, 4.69) is 0 Å². The minimum Gasteiger partial charge on any atom is -0.481 e. The van der Waals surface area contributed by atoms with Gasteiger partial charge >= 0.3 is 5.97 Å². The van der Waals surface area contributed by atoms with Crippen molar-refractivity contribution in [3.8, 4) is 0 Å². The van der Waals surface area contributed by atoms with Gasteiger partial charge in [0.05, 0.1) is 5.92 Å². The molecule has 0 aliphatic carbocycles. The highest BCUT2D eigenvalue weighted by molar-refractivity contribution is 5.80. The second-order valence-corrected chi connectivity index (χ2v) is 4.31. The van der Waals surface area contributed by atoms with E-state index < -0.39 is 5.97 Å². The summed E-state index contributed by atoms with van der Waals surface area (Å²) in [6.45, 7) is 5.68. The Balaban J connectivity index is 3.61. The van der Waals surface area contributed by atoms with Crippen molar-refractivity contribution in [2.24, 2.45) is 11.8 Å². The quantitative estimate of drug-likeness (QED) is 0.632. The van der Waals surface area contributed by atoms with Crippen molar-refractivity contribution in [1.29, 1.82) is 0 Å². The number of rotatable bonds is 8. The number of Topliss-reactive ketones (excluding diaryl/α,β-unsaturated/α-hetero) is 1. The Morgan fingerprint density at radius 3 is 2.20 bits per heavy atom. The van der Waals surface area contributed by atoms with Gasteiger partial charge in [0.25, 0.3) is 0 Å². The van der Waals surface area contributed by atoms with Gasteiger partial charge in [0.15, 0.2) is 0 Å². The Labute approximate surface area is 91.9 Å². The van der Waals surface area contributed by atoms with Crippen LogP contribution in [0.25, 0.3) is 0 Å². The maximum Gasteiger partial charge on any atom is 0.306 e. The van der Waals surface area contributed by atoms with E-state index in [0.29, 0.717) is 19.3 Å². The normalized spacial score (nSPS) is 12.8. The molecule has 0 aromatic heterocycles. The van der Waals surface area contributed by atoms with Gasteiger partial charge in [0.1, 0.15) is 5.78 Å². The van der Waals surface area contributed by atoms with E-state index >= 15 is 0 Å². The highest BCUT2D eigenvalue weighted by atomic mass is 16.4. The molecule has 0 fully saturated rings. The van der Waals surface area contributed by atoms with Crippen LogP contribution in [0, 0.1) is 11.8 Å². The fourth-order valence-corrected chi connectivity index (χ4v) is 1.48. The van der Waals surface area contributed by atoms with Gasteiger partial charge in [-0.1, -0.05) is 27.2 Å². The summed E-state index contributed by atoms with van der Waals surface area (Å²) in [6, 6.07) is 0. The van der Waals surface area contributed by atoms with Gasteiger partial charge in [-0.25, -0.2) is 0 Å². The lowest BCUT2D eigenvalue weighted by atomic mass is 9.97. The zero-order valence-electron chi connectivity index (χ0n) is 9.95. The van der Waals surface area contributed by atoms with E-state index in [1.807, 2.05) is 20.8 Å². The van der Waals surface area contributed by atoms with Crippen molar-refractivity contribution >= 4 is 11.8 Å². The third-order valence-electron chi connectivity index (χ3n) is 2.71. The summed E-state index contributed by atoms with van der Waals surface area (Å²) in [4.78, 5) is 22.0. The molecule has 0 radical (unpaired) electrons. The summed E-state index contributed by atoms with van der Waals surface area (Å²) in [5, 5.41) is 8.80. The number of ketones is 1. The van der Waals surface area contributed by atoms with Gasteiger partial charge in [0.2, 0.25) is 0 Å². The first kappa shape index (κ1) is 14.1. The average Bonchev–Trinajstić information content (AvgIpc) is 2.16. The molecule has 1 unspecified atom stereocenters. The van der Waals surface area contributed by atoms with E-state index in [1.165, 1.54) is 0 Å². The molecular weight excluding hydrogens is 192 g/mol. The molecule has 3 nitrogen and oxygen atoms in total. The predicted octanol–water partition coefficient (Wildman–Crippen LogP) is 2.88. The summed E-state index contributed by atoms with van der Waals surface area (Å²) in [7, 11) is 0. The van der Waals surface area contributed by atoms with Crippen molar-refractivity contribution < 1.29 is 14.7 Å². The molecule has 88 valence electrons. The van der Waals surface area contributed by atoms with Crippen molar-refractivity contribution in [1.82, 2.24) is 0 Å². The highest BCUT2D eigenvalue weighted by Gasteiger charge is 2.14. The Morgan fingerprint density at radius 2 is 1.80 bits per heavy atom. The van der Waals surface area contributed by atoms with E-state index in [-0.39, 0.29) is 17.6 Å². The van der Waals surface area contributed by atoms with E-state index in [0.717, 1.165) is 12.8 Å². The number of carbonyl (C=O) groups is 2. The van der Waals surface area contributed by atoms with Gasteiger partial charge in [-0.05, 0) is 19.3 Å². The van der Waals surface area contributed by atoms with Crippen LogP contribution in [-0.2, 0) is 9.59 Å². The SMILES string of the molecule is CCC(CCCCC(=O)C(C)C)C(=O)O. The summed E-state index contributed by atoms with van der Waals surface area (Å²) < 4.78 is 0. The second kappa shape index (κ2) is 7.43. The Kier molecular flexibility index (Phi) is 7.01. The second-order valence-electron chi connectivity index (χ2n) is 4.31. The van der Waals surface area contributed by atoms with E-state index in [1.54, 1.807) is 0 Å². The zero-order valence-corrected chi connectivity index (χ0v) is 9.95. The molecule has 0 aliphatic heterocycles. The van der Waals surface area contributed by atoms with Gasteiger partial charge < -0.3 is 5.11 Å². The van der Waals surface area contributed by atoms with Crippen LogP contribution in [0.2, 0.25) is 0 Å². The predicted molar refractivity (Wildman–Crippen MR) is 59.7 cm³/mol. The molecule has 0 rings (SSSR count). The first-order chi connectivity index (χ1) is 6.99. The van der Waals surface area contributed by atoms with Crippen LogP contribution in [-0.4, -0.2) is 16.9 Å². The van der Waals surface area contributed by atoms with Gasteiger partial charge in [-0.15, -0.1) is 0 Å². The largest absolute Gasteiger partial charge is 0.481 e. The zero-order chi connectivity index (χ0) is 11.8. The number of unbranched alkanes of at least 4 members (excludes halogenated alkanes) is 1. The summed E-state index contributed by atoms with van der Waals surface area (Å²) >= 11 is 0. The third kappa shape index (κ3) is 6.26. The van der Waals surface area contributed by atoms with Crippen molar-refractivity contribution in [2.75, 3.05) is 0 Å². The summed E-state index contributed by atoms with van der Waals surface area (Å²) in [6.07, 6.45) is 3.61. The van der Waals surface area contributed by atoms with Crippen LogP contribution in [0.3, 0.4) is 0 Å². The monoisotopic (exact) mass is 214 g/mol. The molecule has 3 heteroatoms. The maximum absolute atomic E-state index is 11.3. The van der Waals surface area contributed by atoms with Crippen molar-refractivity contribution in [2.45, 2.75) is 52.9 Å². The average molecular weight is 214 g/mol. The highest BCUT2D eigenvalue weighted by Crippen LogP contribution is 2.14. The summed E-state index contributed by atoms with van der Waals surface area (Å²) in [5.41, 5.74) is 0. The minimum absolute atomic E-state index is 0.103. The molecular formula is C12H22O3. The molecule has 0 aromatic rings. The molecule has 0 saturated carbocycles. The number of hydrogen-bond donors (Lipinski definition) is 1. The van der Waals surface area contributed by atoms with Crippen molar-refractivity contribution in [3.05, 3.63) is 0 Å². The molecule has 15 heavy (non-hydrogen) atoms.